The molecule has 1 heterocycles. The van der Waals surface area contributed by atoms with Crippen LogP contribution in [0, 0.1) is 11.6 Å². The number of carbonyl (C=O) groups excluding carboxylic acids is 1. The topological polar surface area (TPSA) is 55.6 Å². The van der Waals surface area contributed by atoms with Gasteiger partial charge in [0.1, 0.15) is 11.6 Å². The SMILES string of the molecule is CN(C(=O)c1cc(N)c(F)cc1F)C1CCOCC1. The maximum absolute atomic E-state index is 13.6. The molecule has 0 spiro atoms. The summed E-state index contributed by atoms with van der Waals surface area (Å²) in [6, 6.07) is 1.69. The predicted octanol–water partition coefficient (Wildman–Crippen LogP) is 1.80. The van der Waals surface area contributed by atoms with Crippen LogP contribution in [0.5, 0.6) is 0 Å². The maximum atomic E-state index is 13.6. The molecule has 1 amide bonds. The molecule has 19 heavy (non-hydrogen) atoms. The molecule has 0 aromatic heterocycles. The summed E-state index contributed by atoms with van der Waals surface area (Å²) in [5, 5.41) is 0. The number of nitrogens with two attached hydrogens (primary N) is 1. The number of amides is 1. The summed E-state index contributed by atoms with van der Waals surface area (Å²) in [7, 11) is 1.61. The molecule has 1 saturated heterocycles. The molecule has 1 aliphatic heterocycles. The van der Waals surface area contributed by atoms with Crippen LogP contribution in [0.2, 0.25) is 0 Å². The first-order valence-corrected chi connectivity index (χ1v) is 6.10. The minimum Gasteiger partial charge on any atom is -0.396 e. The number of ether oxygens (including phenoxy) is 1. The van der Waals surface area contributed by atoms with Crippen molar-refractivity contribution < 1.29 is 18.3 Å². The van der Waals surface area contributed by atoms with Gasteiger partial charge in [-0.15, -0.1) is 0 Å². The number of benzene rings is 1. The van der Waals surface area contributed by atoms with Gasteiger partial charge >= 0.3 is 0 Å². The van der Waals surface area contributed by atoms with Crippen LogP contribution < -0.4 is 5.73 Å². The van der Waals surface area contributed by atoms with Crippen molar-refractivity contribution in [2.45, 2.75) is 18.9 Å². The lowest BCUT2D eigenvalue weighted by molar-refractivity contribution is 0.0359. The summed E-state index contributed by atoms with van der Waals surface area (Å²) in [5.41, 5.74) is 4.94. The van der Waals surface area contributed by atoms with E-state index in [1.54, 1.807) is 7.05 Å². The zero-order chi connectivity index (χ0) is 14.0. The molecule has 0 aliphatic carbocycles. The predicted molar refractivity (Wildman–Crippen MR) is 66.7 cm³/mol. The van der Waals surface area contributed by atoms with Crippen molar-refractivity contribution >= 4 is 11.6 Å². The van der Waals surface area contributed by atoms with Crippen LogP contribution in [0.4, 0.5) is 14.5 Å². The molecule has 1 aliphatic rings. The number of carbonyl (C=O) groups is 1. The summed E-state index contributed by atoms with van der Waals surface area (Å²) in [6.07, 6.45) is 1.42. The number of nitrogen functional groups attached to an aromatic ring is 1. The number of nitrogens with zero attached hydrogens (tertiary/aromatic N) is 1. The quantitative estimate of drug-likeness (QED) is 0.834. The van der Waals surface area contributed by atoms with E-state index in [0.29, 0.717) is 32.1 Å². The molecule has 1 aromatic carbocycles. The Hall–Kier alpha value is -1.69. The molecule has 2 N–H and O–H groups in total. The average Bonchev–Trinajstić information content (AvgIpc) is 2.42. The number of hydrogen-bond acceptors (Lipinski definition) is 3. The van der Waals surface area contributed by atoms with Crippen molar-refractivity contribution in [1.29, 1.82) is 0 Å². The average molecular weight is 270 g/mol. The molecule has 2 rings (SSSR count). The number of rotatable bonds is 2. The smallest absolute Gasteiger partial charge is 0.256 e. The van der Waals surface area contributed by atoms with E-state index in [2.05, 4.69) is 0 Å². The van der Waals surface area contributed by atoms with Crippen LogP contribution in [-0.4, -0.2) is 37.1 Å². The Labute approximate surface area is 110 Å². The second kappa shape index (κ2) is 5.52. The van der Waals surface area contributed by atoms with Crippen LogP contribution in [0.15, 0.2) is 12.1 Å². The lowest BCUT2D eigenvalue weighted by atomic mass is 10.1. The van der Waals surface area contributed by atoms with Crippen molar-refractivity contribution in [3.05, 3.63) is 29.3 Å². The molecule has 6 heteroatoms. The molecule has 1 aromatic rings. The molecule has 0 radical (unpaired) electrons. The summed E-state index contributed by atoms with van der Waals surface area (Å²) < 4.78 is 31.9. The largest absolute Gasteiger partial charge is 0.396 e. The lowest BCUT2D eigenvalue weighted by Gasteiger charge is -2.31. The van der Waals surface area contributed by atoms with Crippen LogP contribution in [0.3, 0.4) is 0 Å². The molecule has 104 valence electrons. The molecule has 1 fully saturated rings. The highest BCUT2D eigenvalue weighted by atomic mass is 19.1. The molecule has 0 bridgehead atoms. The van der Waals surface area contributed by atoms with E-state index in [0.717, 1.165) is 6.07 Å². The third-order valence-electron chi connectivity index (χ3n) is 3.38. The third kappa shape index (κ3) is 2.84. The van der Waals surface area contributed by atoms with Gasteiger partial charge in [-0.05, 0) is 18.9 Å². The first-order chi connectivity index (χ1) is 9.00. The van der Waals surface area contributed by atoms with E-state index in [1.807, 2.05) is 0 Å². The van der Waals surface area contributed by atoms with E-state index in [4.69, 9.17) is 10.5 Å². The highest BCUT2D eigenvalue weighted by Crippen LogP contribution is 2.21. The molecular formula is C13H16F2N2O2. The summed E-state index contributed by atoms with van der Waals surface area (Å²) >= 11 is 0. The van der Waals surface area contributed by atoms with E-state index in [9.17, 15) is 13.6 Å². The first kappa shape index (κ1) is 13.7. The van der Waals surface area contributed by atoms with Gasteiger partial charge in [0.2, 0.25) is 0 Å². The van der Waals surface area contributed by atoms with Crippen LogP contribution in [0.25, 0.3) is 0 Å². The zero-order valence-electron chi connectivity index (χ0n) is 10.7. The molecule has 0 atom stereocenters. The Kier molecular flexibility index (Phi) is 3.99. The summed E-state index contributed by atoms with van der Waals surface area (Å²) in [5.74, 6) is -2.24. The standard InChI is InChI=1S/C13H16F2N2O2/c1-17(8-2-4-19-5-3-8)13(18)9-6-12(16)11(15)7-10(9)14/h6-8H,2-5,16H2,1H3. The van der Waals surface area contributed by atoms with Gasteiger partial charge in [0.05, 0.1) is 11.3 Å². The fourth-order valence-electron chi connectivity index (χ4n) is 2.16. The van der Waals surface area contributed by atoms with Crippen molar-refractivity contribution in [2.24, 2.45) is 0 Å². The Morgan fingerprint density at radius 1 is 1.32 bits per heavy atom. The maximum Gasteiger partial charge on any atom is 0.256 e. The van der Waals surface area contributed by atoms with Crippen LogP contribution in [0.1, 0.15) is 23.2 Å². The molecule has 0 unspecified atom stereocenters. The molecule has 4 nitrogen and oxygen atoms in total. The van der Waals surface area contributed by atoms with Crippen molar-refractivity contribution in [3.8, 4) is 0 Å². The zero-order valence-corrected chi connectivity index (χ0v) is 10.7. The molecular weight excluding hydrogens is 254 g/mol. The second-order valence-corrected chi connectivity index (χ2v) is 4.61. The summed E-state index contributed by atoms with van der Waals surface area (Å²) in [6.45, 7) is 1.16. The first-order valence-electron chi connectivity index (χ1n) is 6.10. The van der Waals surface area contributed by atoms with E-state index >= 15 is 0 Å². The fourth-order valence-corrected chi connectivity index (χ4v) is 2.16. The second-order valence-electron chi connectivity index (χ2n) is 4.61. The van der Waals surface area contributed by atoms with Gasteiger partial charge in [0.25, 0.3) is 5.91 Å². The van der Waals surface area contributed by atoms with Gasteiger partial charge in [-0.2, -0.15) is 0 Å². The van der Waals surface area contributed by atoms with Gasteiger partial charge in [-0.3, -0.25) is 4.79 Å². The normalized spacial score (nSPS) is 16.4. The number of halogens is 2. The Morgan fingerprint density at radius 3 is 2.58 bits per heavy atom. The van der Waals surface area contributed by atoms with Gasteiger partial charge in [0.15, 0.2) is 0 Å². The number of anilines is 1. The van der Waals surface area contributed by atoms with Gasteiger partial charge in [-0.25, -0.2) is 8.78 Å². The minimum atomic E-state index is -0.893. The van der Waals surface area contributed by atoms with Crippen molar-refractivity contribution in [3.63, 3.8) is 0 Å². The van der Waals surface area contributed by atoms with Gasteiger partial charge < -0.3 is 15.4 Å². The monoisotopic (exact) mass is 270 g/mol. The Balaban J connectivity index is 2.21. The molecule has 0 saturated carbocycles. The van der Waals surface area contributed by atoms with Gasteiger partial charge in [0, 0.05) is 32.4 Å². The Bertz CT molecular complexity index is 488. The number of hydrogen-bond donors (Lipinski definition) is 1. The van der Waals surface area contributed by atoms with Crippen LogP contribution in [-0.2, 0) is 4.74 Å². The fraction of sp³-hybridized carbons (Fsp3) is 0.462. The summed E-state index contributed by atoms with van der Waals surface area (Å²) in [4.78, 5) is 13.7. The van der Waals surface area contributed by atoms with E-state index in [-0.39, 0.29) is 17.3 Å². The highest BCUT2D eigenvalue weighted by Gasteiger charge is 2.25. The highest BCUT2D eigenvalue weighted by molar-refractivity contribution is 5.95. The minimum absolute atomic E-state index is 0.00641. The lowest BCUT2D eigenvalue weighted by Crippen LogP contribution is -2.41. The van der Waals surface area contributed by atoms with E-state index in [1.165, 1.54) is 4.90 Å². The van der Waals surface area contributed by atoms with E-state index < -0.39 is 17.5 Å². The van der Waals surface area contributed by atoms with Crippen molar-refractivity contribution in [2.75, 3.05) is 26.0 Å². The third-order valence-corrected chi connectivity index (χ3v) is 3.38. The van der Waals surface area contributed by atoms with Gasteiger partial charge in [-0.1, -0.05) is 0 Å². The van der Waals surface area contributed by atoms with Crippen LogP contribution >= 0.6 is 0 Å². The van der Waals surface area contributed by atoms with Crippen molar-refractivity contribution in [1.82, 2.24) is 4.90 Å². The Morgan fingerprint density at radius 2 is 1.95 bits per heavy atom.